The van der Waals surface area contributed by atoms with E-state index in [-0.39, 0.29) is 0 Å². The summed E-state index contributed by atoms with van der Waals surface area (Å²) in [4.78, 5) is 0. The number of rotatable bonds is 2. The van der Waals surface area contributed by atoms with E-state index in [0.717, 1.165) is 19.3 Å². The van der Waals surface area contributed by atoms with Gasteiger partial charge in [0.25, 0.3) is 0 Å². The van der Waals surface area contributed by atoms with Crippen LogP contribution in [0.4, 0.5) is 0 Å². The predicted octanol–water partition coefficient (Wildman–Crippen LogP) is 2.10. The van der Waals surface area contributed by atoms with Gasteiger partial charge in [-0.15, -0.1) is 0 Å². The Hall–Kier alpha value is -0.423. The molecule has 4 nitrogen and oxygen atoms in total. The molecule has 0 saturated heterocycles. The van der Waals surface area contributed by atoms with Gasteiger partial charge in [-0.25, -0.2) is 0 Å². The fraction of sp³-hybridized carbons (Fsp3) is 1.00. The summed E-state index contributed by atoms with van der Waals surface area (Å²) in [6.07, 6.45) is 3.77. The predicted molar refractivity (Wildman–Crippen MR) is 57.6 cm³/mol. The molecule has 1 heterocycles. The molecule has 0 spiro atoms. The van der Waals surface area contributed by atoms with E-state index in [0.29, 0.717) is 18.2 Å². The summed E-state index contributed by atoms with van der Waals surface area (Å²) in [5, 5.41) is 8.05. The Bertz CT molecular complexity index is 239. The maximum atomic E-state index is 6.10. The lowest BCUT2D eigenvalue weighted by Gasteiger charge is -2.33. The highest BCUT2D eigenvalue weighted by molar-refractivity contribution is 6.69. The molecule has 0 amide bonds. The molecule has 5 heteroatoms. The molecule has 80 valence electrons. The first-order valence-corrected chi connectivity index (χ1v) is 8.78. The minimum atomic E-state index is -1.38. The maximum absolute atomic E-state index is 6.10. The molecule has 3 atom stereocenters. The van der Waals surface area contributed by atoms with Gasteiger partial charge < -0.3 is 4.43 Å². The Morgan fingerprint density at radius 3 is 2.79 bits per heavy atom. The van der Waals surface area contributed by atoms with Crippen LogP contribution in [0, 0.1) is 0 Å². The summed E-state index contributed by atoms with van der Waals surface area (Å²) in [6, 6.07) is 0.849. The van der Waals surface area contributed by atoms with E-state index >= 15 is 0 Å². The monoisotopic (exact) mass is 213 g/mol. The van der Waals surface area contributed by atoms with Crippen LogP contribution < -0.4 is 5.43 Å². The molecule has 1 aliphatic heterocycles. The van der Waals surface area contributed by atoms with Gasteiger partial charge in [-0.3, -0.25) is 5.43 Å². The lowest BCUT2D eigenvalue weighted by molar-refractivity contribution is 0.127. The van der Waals surface area contributed by atoms with Crippen molar-refractivity contribution < 1.29 is 4.43 Å². The molecule has 1 saturated carbocycles. The van der Waals surface area contributed by atoms with Crippen LogP contribution in [0.1, 0.15) is 19.3 Å². The molecule has 0 aromatic rings. The average Bonchev–Trinajstić information content (AvgIpc) is 2.47. The van der Waals surface area contributed by atoms with Gasteiger partial charge >= 0.3 is 0 Å². The summed E-state index contributed by atoms with van der Waals surface area (Å²) in [5.74, 6) is 0. The first kappa shape index (κ1) is 10.1. The third-order valence-electron chi connectivity index (χ3n) is 2.72. The lowest BCUT2D eigenvalue weighted by atomic mass is 9.90. The van der Waals surface area contributed by atoms with Crippen LogP contribution >= 0.6 is 0 Å². The van der Waals surface area contributed by atoms with Crippen molar-refractivity contribution in [1.29, 1.82) is 0 Å². The summed E-state index contributed by atoms with van der Waals surface area (Å²) in [5.41, 5.74) is 3.07. The van der Waals surface area contributed by atoms with E-state index in [1.165, 1.54) is 0 Å². The molecule has 14 heavy (non-hydrogen) atoms. The third-order valence-corrected chi connectivity index (χ3v) is 3.76. The molecular weight excluding hydrogens is 194 g/mol. The Kier molecular flexibility index (Phi) is 2.61. The van der Waals surface area contributed by atoms with Crippen molar-refractivity contribution in [2.75, 3.05) is 0 Å². The highest BCUT2D eigenvalue weighted by Crippen LogP contribution is 2.28. The average molecular weight is 213 g/mol. The summed E-state index contributed by atoms with van der Waals surface area (Å²) in [6.45, 7) is 6.74. The standard InChI is InChI=1S/C9H19N3OSi/c1-14(2,3)13-7-4-5-8-9(6-7)11-12-10-8/h7-9H,4-6H2,1-3H3,(H,10,11). The topological polar surface area (TPSA) is 46.0 Å². The molecular formula is C9H19N3OSi. The summed E-state index contributed by atoms with van der Waals surface area (Å²) >= 11 is 0. The van der Waals surface area contributed by atoms with Crippen molar-refractivity contribution in [2.24, 2.45) is 10.3 Å². The molecule has 0 aromatic carbocycles. The van der Waals surface area contributed by atoms with Crippen LogP contribution in [0.3, 0.4) is 0 Å². The normalized spacial score (nSPS) is 36.6. The van der Waals surface area contributed by atoms with Crippen LogP contribution in [0.5, 0.6) is 0 Å². The fourth-order valence-corrected chi connectivity index (χ4v) is 3.40. The van der Waals surface area contributed by atoms with Crippen molar-refractivity contribution >= 4 is 8.32 Å². The van der Waals surface area contributed by atoms with Gasteiger partial charge in [0.2, 0.25) is 0 Å². The second-order valence-corrected chi connectivity index (χ2v) is 9.64. The van der Waals surface area contributed by atoms with E-state index in [2.05, 4.69) is 35.4 Å². The van der Waals surface area contributed by atoms with Gasteiger partial charge in [0.05, 0.1) is 12.1 Å². The van der Waals surface area contributed by atoms with E-state index in [1.54, 1.807) is 0 Å². The fourth-order valence-electron chi connectivity index (χ4n) is 2.18. The number of nitrogens with one attached hydrogen (secondary N) is 1. The summed E-state index contributed by atoms with van der Waals surface area (Å²) in [7, 11) is -1.38. The van der Waals surface area contributed by atoms with Crippen LogP contribution in [0.15, 0.2) is 10.3 Å². The number of fused-ring (bicyclic) bond motifs is 1. The molecule has 1 aliphatic carbocycles. The van der Waals surface area contributed by atoms with Crippen LogP contribution in [0.25, 0.3) is 0 Å². The second-order valence-electron chi connectivity index (χ2n) is 5.18. The Morgan fingerprint density at radius 1 is 1.29 bits per heavy atom. The molecule has 1 N–H and O–H groups in total. The number of nitrogens with zero attached hydrogens (tertiary/aromatic N) is 2. The minimum absolute atomic E-state index is 0.413. The van der Waals surface area contributed by atoms with E-state index in [9.17, 15) is 0 Å². The molecule has 0 radical (unpaired) electrons. The van der Waals surface area contributed by atoms with Gasteiger partial charge in [-0.05, 0) is 38.9 Å². The third kappa shape index (κ3) is 2.33. The zero-order valence-corrected chi connectivity index (χ0v) is 10.2. The Labute approximate surface area is 86.2 Å². The molecule has 0 aromatic heterocycles. The van der Waals surface area contributed by atoms with Gasteiger partial charge in [0.1, 0.15) is 0 Å². The molecule has 1 fully saturated rings. The van der Waals surface area contributed by atoms with Gasteiger partial charge in [0, 0.05) is 6.10 Å². The maximum Gasteiger partial charge on any atom is 0.184 e. The SMILES string of the molecule is C[Si](C)(C)OC1CCC2N=NNC2C1. The first-order chi connectivity index (χ1) is 6.54. The Balaban J connectivity index is 1.87. The van der Waals surface area contributed by atoms with E-state index < -0.39 is 8.32 Å². The molecule has 0 bridgehead atoms. The van der Waals surface area contributed by atoms with Crippen molar-refractivity contribution in [2.45, 2.75) is 57.1 Å². The largest absolute Gasteiger partial charge is 0.415 e. The molecule has 2 aliphatic rings. The molecule has 2 rings (SSSR count). The van der Waals surface area contributed by atoms with Crippen molar-refractivity contribution in [3.8, 4) is 0 Å². The minimum Gasteiger partial charge on any atom is -0.415 e. The number of hydrogen-bond donors (Lipinski definition) is 1. The van der Waals surface area contributed by atoms with Crippen molar-refractivity contribution in [3.63, 3.8) is 0 Å². The zero-order valence-electron chi connectivity index (χ0n) is 9.16. The van der Waals surface area contributed by atoms with Crippen molar-refractivity contribution in [3.05, 3.63) is 0 Å². The van der Waals surface area contributed by atoms with E-state index in [1.807, 2.05) is 0 Å². The first-order valence-electron chi connectivity index (χ1n) is 5.38. The van der Waals surface area contributed by atoms with Crippen molar-refractivity contribution in [1.82, 2.24) is 5.43 Å². The lowest BCUT2D eigenvalue weighted by Crippen LogP contribution is -2.43. The van der Waals surface area contributed by atoms with Crippen LogP contribution in [0.2, 0.25) is 19.6 Å². The smallest absolute Gasteiger partial charge is 0.184 e. The van der Waals surface area contributed by atoms with Gasteiger partial charge in [-0.1, -0.05) is 5.22 Å². The van der Waals surface area contributed by atoms with Gasteiger partial charge in [0.15, 0.2) is 8.32 Å². The van der Waals surface area contributed by atoms with Gasteiger partial charge in [-0.2, -0.15) is 5.11 Å². The Morgan fingerprint density at radius 2 is 2.07 bits per heavy atom. The number of hydrogen-bond acceptors (Lipinski definition) is 4. The second kappa shape index (κ2) is 3.62. The highest BCUT2D eigenvalue weighted by Gasteiger charge is 2.35. The van der Waals surface area contributed by atoms with E-state index in [4.69, 9.17) is 4.43 Å². The highest BCUT2D eigenvalue weighted by atomic mass is 28.4. The molecule has 3 unspecified atom stereocenters. The van der Waals surface area contributed by atoms with Crippen LogP contribution in [-0.4, -0.2) is 26.5 Å². The van der Waals surface area contributed by atoms with Crippen LogP contribution in [-0.2, 0) is 4.43 Å². The zero-order chi connectivity index (χ0) is 10.2. The summed E-state index contributed by atoms with van der Waals surface area (Å²) < 4.78 is 6.10. The quantitative estimate of drug-likeness (QED) is 0.714.